The van der Waals surface area contributed by atoms with Crippen molar-refractivity contribution in [2.45, 2.75) is 26.5 Å². The van der Waals surface area contributed by atoms with E-state index in [1.54, 1.807) is 18.2 Å². The summed E-state index contributed by atoms with van der Waals surface area (Å²) in [6.07, 6.45) is 1.86. The molecule has 6 nitrogen and oxygen atoms in total. The number of methoxy groups -OCH3 is 1. The summed E-state index contributed by atoms with van der Waals surface area (Å²) in [6, 6.07) is 6.90. The molecule has 2 rings (SSSR count). The fourth-order valence-corrected chi connectivity index (χ4v) is 1.84. The Hall–Kier alpha value is -2.50. The van der Waals surface area contributed by atoms with Crippen LogP contribution in [0.15, 0.2) is 30.5 Å². The Balaban J connectivity index is 2.04. The SMILES string of the molecule is COc1cc(N)ccc1C(=O)OCc1ccn(C(C)C)n1. The minimum absolute atomic E-state index is 0.117. The topological polar surface area (TPSA) is 79.4 Å². The van der Waals surface area contributed by atoms with Crippen molar-refractivity contribution in [3.8, 4) is 5.75 Å². The van der Waals surface area contributed by atoms with Gasteiger partial charge in [-0.25, -0.2) is 4.79 Å². The molecule has 0 aliphatic rings. The van der Waals surface area contributed by atoms with Crippen LogP contribution in [-0.4, -0.2) is 22.9 Å². The van der Waals surface area contributed by atoms with E-state index in [1.807, 2.05) is 30.8 Å². The van der Waals surface area contributed by atoms with Gasteiger partial charge in [-0.3, -0.25) is 4.68 Å². The van der Waals surface area contributed by atoms with Crippen molar-refractivity contribution in [1.82, 2.24) is 9.78 Å². The zero-order chi connectivity index (χ0) is 15.4. The number of esters is 1. The molecule has 0 unspecified atom stereocenters. The van der Waals surface area contributed by atoms with E-state index < -0.39 is 5.97 Å². The summed E-state index contributed by atoms with van der Waals surface area (Å²) in [5.74, 6) is -0.0707. The van der Waals surface area contributed by atoms with Crippen molar-refractivity contribution in [3.63, 3.8) is 0 Å². The second-order valence-corrected chi connectivity index (χ2v) is 4.92. The van der Waals surface area contributed by atoms with Crippen LogP contribution in [0.5, 0.6) is 5.75 Å². The molecule has 0 saturated carbocycles. The third-order valence-electron chi connectivity index (χ3n) is 2.99. The molecule has 0 radical (unpaired) electrons. The highest BCUT2D eigenvalue weighted by molar-refractivity contribution is 5.93. The first-order valence-electron chi connectivity index (χ1n) is 6.66. The molecule has 0 aliphatic carbocycles. The van der Waals surface area contributed by atoms with Crippen LogP contribution in [0.4, 0.5) is 5.69 Å². The first kappa shape index (κ1) is 14.9. The highest BCUT2D eigenvalue weighted by atomic mass is 16.5. The van der Waals surface area contributed by atoms with E-state index in [1.165, 1.54) is 7.11 Å². The predicted octanol–water partition coefficient (Wildman–Crippen LogP) is 2.41. The maximum Gasteiger partial charge on any atom is 0.342 e. The molecule has 0 saturated heterocycles. The van der Waals surface area contributed by atoms with Crippen LogP contribution in [0.3, 0.4) is 0 Å². The zero-order valence-electron chi connectivity index (χ0n) is 12.4. The van der Waals surface area contributed by atoms with E-state index in [0.717, 1.165) is 0 Å². The number of ether oxygens (including phenoxy) is 2. The molecule has 0 amide bonds. The molecule has 0 atom stereocenters. The lowest BCUT2D eigenvalue weighted by atomic mass is 10.2. The van der Waals surface area contributed by atoms with Crippen molar-refractivity contribution < 1.29 is 14.3 Å². The molecule has 1 aromatic carbocycles. The number of anilines is 1. The highest BCUT2D eigenvalue weighted by Crippen LogP contribution is 2.22. The Morgan fingerprint density at radius 3 is 2.76 bits per heavy atom. The Morgan fingerprint density at radius 2 is 2.14 bits per heavy atom. The summed E-state index contributed by atoms with van der Waals surface area (Å²) in [7, 11) is 1.48. The van der Waals surface area contributed by atoms with E-state index in [9.17, 15) is 4.79 Å². The summed E-state index contributed by atoms with van der Waals surface area (Å²) in [4.78, 5) is 12.1. The lowest BCUT2D eigenvalue weighted by molar-refractivity contribution is 0.0463. The maximum atomic E-state index is 12.1. The van der Waals surface area contributed by atoms with Gasteiger partial charge in [0.2, 0.25) is 0 Å². The van der Waals surface area contributed by atoms with Crippen LogP contribution < -0.4 is 10.5 Å². The second-order valence-electron chi connectivity index (χ2n) is 4.92. The number of carbonyl (C=O) groups is 1. The minimum atomic E-state index is -0.467. The van der Waals surface area contributed by atoms with Crippen molar-refractivity contribution in [2.75, 3.05) is 12.8 Å². The van der Waals surface area contributed by atoms with Crippen LogP contribution in [-0.2, 0) is 11.3 Å². The average Bonchev–Trinajstić information content (AvgIpc) is 2.93. The summed E-state index contributed by atoms with van der Waals surface area (Å²) < 4.78 is 12.2. The molecule has 2 N–H and O–H groups in total. The summed E-state index contributed by atoms with van der Waals surface area (Å²) in [6.45, 7) is 4.18. The van der Waals surface area contributed by atoms with Crippen LogP contribution in [0.1, 0.15) is 35.9 Å². The largest absolute Gasteiger partial charge is 0.496 e. The van der Waals surface area contributed by atoms with Crippen molar-refractivity contribution >= 4 is 11.7 Å². The van der Waals surface area contributed by atoms with Gasteiger partial charge in [0, 0.05) is 24.0 Å². The van der Waals surface area contributed by atoms with Crippen LogP contribution in [0.2, 0.25) is 0 Å². The minimum Gasteiger partial charge on any atom is -0.496 e. The Morgan fingerprint density at radius 1 is 1.38 bits per heavy atom. The molecule has 1 heterocycles. The van der Waals surface area contributed by atoms with Gasteiger partial charge in [-0.1, -0.05) is 0 Å². The first-order chi connectivity index (χ1) is 10.0. The van der Waals surface area contributed by atoms with Gasteiger partial charge in [0.1, 0.15) is 17.9 Å². The molecule has 0 aliphatic heterocycles. The molecule has 112 valence electrons. The number of carbonyl (C=O) groups excluding carboxylic acids is 1. The number of nitrogens with zero attached hydrogens (tertiary/aromatic N) is 2. The van der Waals surface area contributed by atoms with E-state index in [2.05, 4.69) is 5.10 Å². The van der Waals surface area contributed by atoms with Crippen molar-refractivity contribution in [2.24, 2.45) is 0 Å². The van der Waals surface area contributed by atoms with Gasteiger partial charge in [0.05, 0.1) is 12.8 Å². The molecule has 2 aromatic rings. The van der Waals surface area contributed by atoms with Crippen LogP contribution in [0.25, 0.3) is 0 Å². The lowest BCUT2D eigenvalue weighted by Crippen LogP contribution is -2.08. The number of hydrogen-bond donors (Lipinski definition) is 1. The molecular formula is C15H19N3O3. The normalized spacial score (nSPS) is 10.7. The quantitative estimate of drug-likeness (QED) is 0.675. The van der Waals surface area contributed by atoms with E-state index in [0.29, 0.717) is 22.7 Å². The van der Waals surface area contributed by atoms with Gasteiger partial charge in [-0.05, 0) is 32.0 Å². The molecule has 21 heavy (non-hydrogen) atoms. The van der Waals surface area contributed by atoms with Gasteiger partial charge >= 0.3 is 5.97 Å². The van der Waals surface area contributed by atoms with E-state index in [-0.39, 0.29) is 12.6 Å². The summed E-state index contributed by atoms with van der Waals surface area (Å²) >= 11 is 0. The van der Waals surface area contributed by atoms with Gasteiger partial charge in [-0.15, -0.1) is 0 Å². The molecule has 6 heteroatoms. The van der Waals surface area contributed by atoms with Crippen LogP contribution >= 0.6 is 0 Å². The van der Waals surface area contributed by atoms with Crippen molar-refractivity contribution in [3.05, 3.63) is 41.7 Å². The number of aromatic nitrogens is 2. The number of benzene rings is 1. The molecular weight excluding hydrogens is 270 g/mol. The third kappa shape index (κ3) is 3.53. The maximum absolute atomic E-state index is 12.1. The Bertz CT molecular complexity index is 635. The second kappa shape index (κ2) is 6.30. The van der Waals surface area contributed by atoms with Gasteiger partial charge < -0.3 is 15.2 Å². The summed E-state index contributed by atoms with van der Waals surface area (Å²) in [5, 5.41) is 4.32. The van der Waals surface area contributed by atoms with Gasteiger partial charge in [0.25, 0.3) is 0 Å². The Labute approximate surface area is 123 Å². The molecule has 0 bridgehead atoms. The fourth-order valence-electron chi connectivity index (χ4n) is 1.84. The lowest BCUT2D eigenvalue weighted by Gasteiger charge is -2.09. The first-order valence-corrected chi connectivity index (χ1v) is 6.66. The van der Waals surface area contributed by atoms with Gasteiger partial charge in [0.15, 0.2) is 0 Å². The van der Waals surface area contributed by atoms with Crippen molar-refractivity contribution in [1.29, 1.82) is 0 Å². The average molecular weight is 289 g/mol. The third-order valence-corrected chi connectivity index (χ3v) is 2.99. The monoisotopic (exact) mass is 289 g/mol. The summed E-state index contributed by atoms with van der Waals surface area (Å²) in [5.41, 5.74) is 7.22. The van der Waals surface area contributed by atoms with E-state index >= 15 is 0 Å². The number of nitrogens with two attached hydrogens (primary N) is 1. The molecule has 0 fully saturated rings. The van der Waals surface area contributed by atoms with Crippen LogP contribution in [0, 0.1) is 0 Å². The standard InChI is InChI=1S/C15H19N3O3/c1-10(2)18-7-6-12(17-18)9-21-15(19)13-5-4-11(16)8-14(13)20-3/h4-8,10H,9,16H2,1-3H3. The molecule has 0 spiro atoms. The predicted molar refractivity (Wildman–Crippen MR) is 79.1 cm³/mol. The molecule has 1 aromatic heterocycles. The smallest absolute Gasteiger partial charge is 0.342 e. The van der Waals surface area contributed by atoms with E-state index in [4.69, 9.17) is 15.2 Å². The Kier molecular flexibility index (Phi) is 4.47. The zero-order valence-corrected chi connectivity index (χ0v) is 12.4. The number of rotatable bonds is 5. The highest BCUT2D eigenvalue weighted by Gasteiger charge is 2.14. The number of hydrogen-bond acceptors (Lipinski definition) is 5. The fraction of sp³-hybridized carbons (Fsp3) is 0.333. The van der Waals surface area contributed by atoms with Gasteiger partial charge in [-0.2, -0.15) is 5.10 Å². The number of nitrogen functional groups attached to an aromatic ring is 1.